The fourth-order valence-electron chi connectivity index (χ4n) is 4.48. The van der Waals surface area contributed by atoms with Crippen molar-refractivity contribution in [2.75, 3.05) is 18.0 Å². The maximum atomic E-state index is 14.0. The summed E-state index contributed by atoms with van der Waals surface area (Å²) in [7, 11) is 0. The summed E-state index contributed by atoms with van der Waals surface area (Å²) in [5.41, 5.74) is 3.25. The van der Waals surface area contributed by atoms with Gasteiger partial charge in [-0.1, -0.05) is 66.7 Å². The molecule has 1 fully saturated rings. The van der Waals surface area contributed by atoms with E-state index in [4.69, 9.17) is 0 Å². The van der Waals surface area contributed by atoms with Gasteiger partial charge in [-0.25, -0.2) is 4.90 Å². The fraction of sp³-hybridized carbons (Fsp3) is 0.192. The standard InChI is InChI=1S/C26H24N4O2/c1-18-10-8-9-15-21(18)30-25(32)22(28-24(31)20-13-6-3-7-14-20)23(19-11-4-2-5-12-19)29-17-16-27-26(29)30/h2-15,22-23H,16-17H2,1H3,(H,28,31)/t22-,23+/m1/s1. The van der Waals surface area contributed by atoms with Crippen molar-refractivity contribution < 1.29 is 9.59 Å². The van der Waals surface area contributed by atoms with Crippen LogP contribution in [0.15, 0.2) is 89.9 Å². The molecule has 2 aliphatic rings. The zero-order valence-electron chi connectivity index (χ0n) is 17.8. The minimum Gasteiger partial charge on any atom is -0.338 e. The van der Waals surface area contributed by atoms with E-state index in [2.05, 4.69) is 15.2 Å². The lowest BCUT2D eigenvalue weighted by atomic mass is 9.93. The van der Waals surface area contributed by atoms with Crippen LogP contribution in [-0.4, -0.2) is 41.8 Å². The van der Waals surface area contributed by atoms with Gasteiger partial charge in [-0.05, 0) is 36.2 Å². The van der Waals surface area contributed by atoms with Crippen LogP contribution < -0.4 is 10.2 Å². The van der Waals surface area contributed by atoms with Gasteiger partial charge in [0.2, 0.25) is 5.96 Å². The average Bonchev–Trinajstić information content (AvgIpc) is 3.30. The van der Waals surface area contributed by atoms with E-state index in [9.17, 15) is 9.59 Å². The van der Waals surface area contributed by atoms with Crippen molar-refractivity contribution in [1.82, 2.24) is 10.2 Å². The molecule has 0 saturated carbocycles. The molecule has 0 aromatic heterocycles. The lowest BCUT2D eigenvalue weighted by Crippen LogP contribution is -2.64. The smallest absolute Gasteiger partial charge is 0.258 e. The number of aryl methyl sites for hydroxylation is 1. The first-order valence-electron chi connectivity index (χ1n) is 10.8. The average molecular weight is 425 g/mol. The maximum absolute atomic E-state index is 14.0. The predicted molar refractivity (Wildman–Crippen MR) is 125 cm³/mol. The van der Waals surface area contributed by atoms with Gasteiger partial charge in [0.1, 0.15) is 6.04 Å². The second-order valence-corrected chi connectivity index (χ2v) is 8.01. The number of amides is 2. The van der Waals surface area contributed by atoms with E-state index in [1.54, 1.807) is 17.0 Å². The van der Waals surface area contributed by atoms with Crippen LogP contribution in [-0.2, 0) is 4.79 Å². The number of carbonyl (C=O) groups excluding carboxylic acids is 2. The number of nitrogens with zero attached hydrogens (tertiary/aromatic N) is 3. The summed E-state index contributed by atoms with van der Waals surface area (Å²) in [5.74, 6) is 0.187. The van der Waals surface area contributed by atoms with Crippen LogP contribution in [0.3, 0.4) is 0 Å². The number of benzene rings is 3. The van der Waals surface area contributed by atoms with Crippen LogP contribution in [0, 0.1) is 6.92 Å². The molecule has 6 heteroatoms. The molecule has 0 aliphatic carbocycles. The molecule has 0 radical (unpaired) electrons. The van der Waals surface area contributed by atoms with Crippen molar-refractivity contribution in [2.45, 2.75) is 19.0 Å². The normalized spacial score (nSPS) is 20.0. The Labute approximate surface area is 187 Å². The lowest BCUT2D eigenvalue weighted by Gasteiger charge is -2.45. The fourth-order valence-corrected chi connectivity index (χ4v) is 4.48. The van der Waals surface area contributed by atoms with Crippen molar-refractivity contribution in [3.63, 3.8) is 0 Å². The summed E-state index contributed by atoms with van der Waals surface area (Å²) in [6.07, 6.45) is 0. The van der Waals surface area contributed by atoms with Gasteiger partial charge in [-0.15, -0.1) is 0 Å². The highest BCUT2D eigenvalue weighted by molar-refractivity contribution is 6.21. The van der Waals surface area contributed by atoms with Gasteiger partial charge in [0.15, 0.2) is 0 Å². The van der Waals surface area contributed by atoms with Crippen LogP contribution in [0.2, 0.25) is 0 Å². The van der Waals surface area contributed by atoms with Crippen molar-refractivity contribution in [2.24, 2.45) is 4.99 Å². The Morgan fingerprint density at radius 1 is 0.938 bits per heavy atom. The summed E-state index contributed by atoms with van der Waals surface area (Å²) < 4.78 is 0. The van der Waals surface area contributed by atoms with E-state index in [1.807, 2.05) is 79.7 Å². The number of aliphatic imine (C=N–C) groups is 1. The van der Waals surface area contributed by atoms with E-state index >= 15 is 0 Å². The molecule has 32 heavy (non-hydrogen) atoms. The number of hydrogen-bond donors (Lipinski definition) is 1. The van der Waals surface area contributed by atoms with E-state index in [0.717, 1.165) is 16.8 Å². The van der Waals surface area contributed by atoms with Gasteiger partial charge in [0.05, 0.1) is 18.3 Å². The Morgan fingerprint density at radius 2 is 1.59 bits per heavy atom. The number of guanidine groups is 1. The molecule has 6 nitrogen and oxygen atoms in total. The van der Waals surface area contributed by atoms with Crippen LogP contribution in [0.4, 0.5) is 5.69 Å². The molecule has 0 unspecified atom stereocenters. The highest BCUT2D eigenvalue weighted by Gasteiger charge is 2.48. The molecule has 2 aliphatic heterocycles. The Hall–Kier alpha value is -3.93. The minimum absolute atomic E-state index is 0.186. The highest BCUT2D eigenvalue weighted by Crippen LogP contribution is 2.36. The zero-order chi connectivity index (χ0) is 22.1. The van der Waals surface area contributed by atoms with Gasteiger partial charge < -0.3 is 10.2 Å². The summed E-state index contributed by atoms with van der Waals surface area (Å²) in [6, 6.07) is 25.5. The topological polar surface area (TPSA) is 65.0 Å². The first kappa shape index (κ1) is 20.0. The van der Waals surface area contributed by atoms with Crippen molar-refractivity contribution >= 4 is 23.5 Å². The second-order valence-electron chi connectivity index (χ2n) is 8.01. The van der Waals surface area contributed by atoms with Crippen molar-refractivity contribution in [3.05, 3.63) is 102 Å². The number of nitrogens with one attached hydrogen (secondary N) is 1. The van der Waals surface area contributed by atoms with Crippen LogP contribution in [0.1, 0.15) is 27.5 Å². The molecule has 3 aromatic carbocycles. The first-order chi connectivity index (χ1) is 15.6. The SMILES string of the molecule is Cc1ccccc1N1C(=O)[C@H](NC(=O)c2ccccc2)[C@H](c2ccccc2)N2CCN=C12. The minimum atomic E-state index is -0.762. The first-order valence-corrected chi connectivity index (χ1v) is 10.8. The van der Waals surface area contributed by atoms with E-state index in [0.29, 0.717) is 24.6 Å². The lowest BCUT2D eigenvalue weighted by molar-refractivity contribution is -0.122. The molecular formula is C26H24N4O2. The van der Waals surface area contributed by atoms with E-state index in [-0.39, 0.29) is 17.9 Å². The molecule has 0 bridgehead atoms. The van der Waals surface area contributed by atoms with Gasteiger partial charge in [0.25, 0.3) is 11.8 Å². The Balaban J connectivity index is 1.60. The second kappa shape index (κ2) is 8.30. The Kier molecular flexibility index (Phi) is 5.19. The van der Waals surface area contributed by atoms with Crippen LogP contribution in [0.5, 0.6) is 0 Å². The molecule has 1 N–H and O–H groups in total. The molecular weight excluding hydrogens is 400 g/mol. The molecule has 2 amide bonds. The number of para-hydroxylation sites is 1. The highest BCUT2D eigenvalue weighted by atomic mass is 16.2. The number of fused-ring (bicyclic) bond motifs is 1. The summed E-state index contributed by atoms with van der Waals surface area (Å²) in [4.78, 5) is 35.6. The summed E-state index contributed by atoms with van der Waals surface area (Å²) in [6.45, 7) is 3.26. The molecule has 3 aromatic rings. The largest absolute Gasteiger partial charge is 0.338 e. The molecule has 1 saturated heterocycles. The molecule has 2 heterocycles. The summed E-state index contributed by atoms with van der Waals surface area (Å²) >= 11 is 0. The van der Waals surface area contributed by atoms with Gasteiger partial charge in [-0.2, -0.15) is 0 Å². The van der Waals surface area contributed by atoms with Crippen LogP contribution in [0.25, 0.3) is 0 Å². The third-order valence-electron chi connectivity index (χ3n) is 6.01. The summed E-state index contributed by atoms with van der Waals surface area (Å²) in [5, 5.41) is 3.04. The zero-order valence-corrected chi connectivity index (χ0v) is 17.8. The third kappa shape index (κ3) is 3.43. The van der Waals surface area contributed by atoms with E-state index in [1.165, 1.54) is 0 Å². The number of anilines is 1. The van der Waals surface area contributed by atoms with Gasteiger partial charge in [0, 0.05) is 12.1 Å². The van der Waals surface area contributed by atoms with Crippen LogP contribution >= 0.6 is 0 Å². The molecule has 0 spiro atoms. The monoisotopic (exact) mass is 424 g/mol. The van der Waals surface area contributed by atoms with E-state index < -0.39 is 6.04 Å². The van der Waals surface area contributed by atoms with Gasteiger partial charge in [-0.3, -0.25) is 14.6 Å². The van der Waals surface area contributed by atoms with Gasteiger partial charge >= 0.3 is 0 Å². The Bertz CT molecular complexity index is 1180. The third-order valence-corrected chi connectivity index (χ3v) is 6.01. The molecule has 160 valence electrons. The van der Waals surface area contributed by atoms with Crippen molar-refractivity contribution in [3.8, 4) is 0 Å². The van der Waals surface area contributed by atoms with Crippen molar-refractivity contribution in [1.29, 1.82) is 0 Å². The number of rotatable bonds is 4. The maximum Gasteiger partial charge on any atom is 0.258 e. The quantitative estimate of drug-likeness (QED) is 0.697. The molecule has 2 atom stereocenters. The number of carbonyl (C=O) groups is 2. The predicted octanol–water partition coefficient (Wildman–Crippen LogP) is 3.55. The Morgan fingerprint density at radius 3 is 2.31 bits per heavy atom. The number of hydrogen-bond acceptors (Lipinski definition) is 4. The molecule has 5 rings (SSSR count).